The van der Waals surface area contributed by atoms with Gasteiger partial charge in [-0.25, -0.2) is 4.79 Å². The van der Waals surface area contributed by atoms with Gasteiger partial charge in [0.1, 0.15) is 5.75 Å². The highest BCUT2D eigenvalue weighted by molar-refractivity contribution is 7.85. The first-order valence-electron chi connectivity index (χ1n) is 8.05. The van der Waals surface area contributed by atoms with Gasteiger partial charge >= 0.3 is 12.1 Å². The van der Waals surface area contributed by atoms with Crippen molar-refractivity contribution in [2.75, 3.05) is 23.7 Å². The number of benzene rings is 1. The Balaban J connectivity index is 2.92. The Kier molecular flexibility index (Phi) is 7.88. The minimum atomic E-state index is -5.12. The monoisotopic (exact) mass is 397 g/mol. The summed E-state index contributed by atoms with van der Waals surface area (Å²) in [4.78, 5) is 14.0. The van der Waals surface area contributed by atoms with Gasteiger partial charge in [-0.3, -0.25) is 4.55 Å². The topological polar surface area (TPSA) is 83.9 Å². The van der Waals surface area contributed by atoms with Crippen LogP contribution in [-0.4, -0.2) is 50.1 Å². The van der Waals surface area contributed by atoms with Gasteiger partial charge in [0.25, 0.3) is 10.1 Å². The van der Waals surface area contributed by atoms with Crippen LogP contribution >= 0.6 is 0 Å². The summed E-state index contributed by atoms with van der Waals surface area (Å²) in [5.41, 5.74) is 0.668. The fourth-order valence-electron chi connectivity index (χ4n) is 2.30. The van der Waals surface area contributed by atoms with Crippen molar-refractivity contribution in [1.82, 2.24) is 0 Å². The third kappa shape index (κ3) is 7.20. The standard InChI is InChI=1S/C16H22F3NO5S/c1-3-9-20(10-4-2)13-7-5-12(6-8-13)15(21)25-14(16(17,18)19)11-26(22,23)24/h5-8,14H,3-4,9-11H2,1-2H3,(H,22,23,24). The van der Waals surface area contributed by atoms with Crippen molar-refractivity contribution in [3.05, 3.63) is 29.8 Å². The molecule has 0 aromatic heterocycles. The molecule has 0 saturated heterocycles. The van der Waals surface area contributed by atoms with Gasteiger partial charge in [0, 0.05) is 18.8 Å². The lowest BCUT2D eigenvalue weighted by molar-refractivity contribution is -0.197. The Bertz CT molecular complexity index is 683. The van der Waals surface area contributed by atoms with Crippen molar-refractivity contribution in [2.45, 2.75) is 39.0 Å². The third-order valence-electron chi connectivity index (χ3n) is 3.43. The highest BCUT2D eigenvalue weighted by Crippen LogP contribution is 2.25. The van der Waals surface area contributed by atoms with Gasteiger partial charge in [0.2, 0.25) is 6.10 Å². The van der Waals surface area contributed by atoms with Crippen LogP contribution in [0, 0.1) is 0 Å². The van der Waals surface area contributed by atoms with Crippen molar-refractivity contribution >= 4 is 21.8 Å². The van der Waals surface area contributed by atoms with Crippen molar-refractivity contribution in [1.29, 1.82) is 0 Å². The van der Waals surface area contributed by atoms with E-state index in [0.717, 1.165) is 31.6 Å². The molecule has 1 rings (SSSR count). The SMILES string of the molecule is CCCN(CCC)c1ccc(C(=O)OC(CS(=O)(=O)O)C(F)(F)F)cc1. The van der Waals surface area contributed by atoms with E-state index >= 15 is 0 Å². The second-order valence-corrected chi connectivity index (χ2v) is 7.22. The number of alkyl halides is 3. The number of rotatable bonds is 9. The minimum Gasteiger partial charge on any atom is -0.448 e. The molecule has 6 nitrogen and oxygen atoms in total. The molecule has 1 aromatic carbocycles. The number of ether oxygens (including phenoxy) is 1. The van der Waals surface area contributed by atoms with E-state index in [4.69, 9.17) is 4.55 Å². The number of hydrogen-bond acceptors (Lipinski definition) is 5. The summed E-state index contributed by atoms with van der Waals surface area (Å²) in [5, 5.41) is 0. The molecule has 10 heteroatoms. The van der Waals surface area contributed by atoms with E-state index in [2.05, 4.69) is 9.64 Å². The summed E-state index contributed by atoms with van der Waals surface area (Å²) in [6, 6.07) is 5.81. The maximum atomic E-state index is 12.8. The number of nitrogens with zero attached hydrogens (tertiary/aromatic N) is 1. The normalized spacial score (nSPS) is 13.3. The molecule has 0 bridgehead atoms. The van der Waals surface area contributed by atoms with Gasteiger partial charge < -0.3 is 9.64 Å². The lowest BCUT2D eigenvalue weighted by Crippen LogP contribution is -2.39. The summed E-state index contributed by atoms with van der Waals surface area (Å²) in [6.07, 6.45) is -6.24. The second-order valence-electron chi connectivity index (χ2n) is 5.72. The molecule has 0 spiro atoms. The molecule has 26 heavy (non-hydrogen) atoms. The Morgan fingerprint density at radius 3 is 2.04 bits per heavy atom. The smallest absolute Gasteiger partial charge is 0.426 e. The number of carbonyl (C=O) groups is 1. The predicted octanol–water partition coefficient (Wildman–Crippen LogP) is 3.29. The largest absolute Gasteiger partial charge is 0.448 e. The predicted molar refractivity (Wildman–Crippen MR) is 90.9 cm³/mol. The second kappa shape index (κ2) is 9.22. The van der Waals surface area contributed by atoms with Crippen LogP contribution in [0.1, 0.15) is 37.0 Å². The van der Waals surface area contributed by atoms with Gasteiger partial charge in [-0.1, -0.05) is 13.8 Å². The van der Waals surface area contributed by atoms with Crippen LogP contribution in [0.5, 0.6) is 0 Å². The molecule has 0 heterocycles. The molecule has 0 aliphatic carbocycles. The molecule has 1 unspecified atom stereocenters. The first kappa shape index (κ1) is 22.2. The fraction of sp³-hybridized carbons (Fsp3) is 0.562. The van der Waals surface area contributed by atoms with E-state index in [-0.39, 0.29) is 5.56 Å². The Morgan fingerprint density at radius 2 is 1.65 bits per heavy atom. The molecule has 0 aliphatic rings. The number of hydrogen-bond donors (Lipinski definition) is 1. The third-order valence-corrected chi connectivity index (χ3v) is 4.16. The summed E-state index contributed by atoms with van der Waals surface area (Å²) < 4.78 is 72.7. The quantitative estimate of drug-likeness (QED) is 0.509. The van der Waals surface area contributed by atoms with Crippen LogP contribution < -0.4 is 4.90 Å². The Labute approximate surface area is 150 Å². The molecule has 1 aromatic rings. The van der Waals surface area contributed by atoms with Crippen LogP contribution in [0.4, 0.5) is 18.9 Å². The molecular weight excluding hydrogens is 375 g/mol. The van der Waals surface area contributed by atoms with Crippen LogP contribution in [-0.2, 0) is 14.9 Å². The molecule has 0 radical (unpaired) electrons. The lowest BCUT2D eigenvalue weighted by atomic mass is 10.2. The van der Waals surface area contributed by atoms with Crippen LogP contribution in [0.15, 0.2) is 24.3 Å². The first-order chi connectivity index (χ1) is 12.0. The molecule has 148 valence electrons. The van der Waals surface area contributed by atoms with E-state index in [1.165, 1.54) is 12.1 Å². The number of carbonyl (C=O) groups excluding carboxylic acids is 1. The number of halogens is 3. The van der Waals surface area contributed by atoms with E-state index in [9.17, 15) is 26.4 Å². The van der Waals surface area contributed by atoms with Gasteiger partial charge in [0.15, 0.2) is 0 Å². The van der Waals surface area contributed by atoms with Gasteiger partial charge in [-0.05, 0) is 37.1 Å². The van der Waals surface area contributed by atoms with Crippen molar-refractivity contribution in [2.24, 2.45) is 0 Å². The van der Waals surface area contributed by atoms with Crippen LogP contribution in [0.2, 0.25) is 0 Å². The summed E-state index contributed by atoms with van der Waals surface area (Å²) >= 11 is 0. The Hall–Kier alpha value is -1.81. The van der Waals surface area contributed by atoms with Gasteiger partial charge in [-0.2, -0.15) is 21.6 Å². The number of anilines is 1. The molecule has 0 amide bonds. The van der Waals surface area contributed by atoms with Crippen molar-refractivity contribution in [3.63, 3.8) is 0 Å². The highest BCUT2D eigenvalue weighted by Gasteiger charge is 2.45. The van der Waals surface area contributed by atoms with E-state index < -0.39 is 34.1 Å². The number of esters is 1. The maximum Gasteiger partial charge on any atom is 0.426 e. The molecule has 1 atom stereocenters. The average molecular weight is 397 g/mol. The fourth-order valence-corrected chi connectivity index (χ4v) is 2.94. The van der Waals surface area contributed by atoms with E-state index in [1.807, 2.05) is 13.8 Å². The molecule has 0 fully saturated rings. The zero-order valence-corrected chi connectivity index (χ0v) is 15.3. The van der Waals surface area contributed by atoms with Crippen molar-refractivity contribution in [3.8, 4) is 0 Å². The zero-order chi connectivity index (χ0) is 20.0. The molecule has 0 saturated carbocycles. The van der Waals surface area contributed by atoms with Crippen LogP contribution in [0.3, 0.4) is 0 Å². The zero-order valence-electron chi connectivity index (χ0n) is 14.5. The van der Waals surface area contributed by atoms with E-state index in [0.29, 0.717) is 0 Å². The Morgan fingerprint density at radius 1 is 1.15 bits per heavy atom. The lowest BCUT2D eigenvalue weighted by Gasteiger charge is -2.24. The first-order valence-corrected chi connectivity index (χ1v) is 9.66. The average Bonchev–Trinajstić information content (AvgIpc) is 2.52. The summed E-state index contributed by atoms with van der Waals surface area (Å²) in [5.74, 6) is -3.07. The highest BCUT2D eigenvalue weighted by atomic mass is 32.2. The van der Waals surface area contributed by atoms with Gasteiger partial charge in [0.05, 0.1) is 5.56 Å². The summed E-state index contributed by atoms with van der Waals surface area (Å²) in [7, 11) is -4.97. The van der Waals surface area contributed by atoms with Crippen LogP contribution in [0.25, 0.3) is 0 Å². The van der Waals surface area contributed by atoms with E-state index in [1.54, 1.807) is 12.1 Å². The van der Waals surface area contributed by atoms with Crippen molar-refractivity contribution < 1.29 is 35.7 Å². The molecule has 0 aliphatic heterocycles. The summed E-state index contributed by atoms with van der Waals surface area (Å²) in [6.45, 7) is 5.62. The van der Waals surface area contributed by atoms with Gasteiger partial charge in [-0.15, -0.1) is 0 Å². The minimum absolute atomic E-state index is 0.147. The maximum absolute atomic E-state index is 12.8. The molecular formula is C16H22F3NO5S. The molecule has 1 N–H and O–H groups in total.